The van der Waals surface area contributed by atoms with E-state index in [1.165, 1.54) is 0 Å². The van der Waals surface area contributed by atoms with Gasteiger partial charge in [-0.15, -0.1) is 0 Å². The van der Waals surface area contributed by atoms with Gasteiger partial charge in [-0.25, -0.2) is 0 Å². The summed E-state index contributed by atoms with van der Waals surface area (Å²) in [5.74, 6) is 1.41. The predicted molar refractivity (Wildman–Crippen MR) is 298 cm³/mol. The number of rotatable bonds is 0. The van der Waals surface area contributed by atoms with Crippen LogP contribution in [0.5, 0.6) is 11.5 Å². The van der Waals surface area contributed by atoms with Crippen molar-refractivity contribution in [1.82, 2.24) is 9.97 Å². The predicted octanol–water partition coefficient (Wildman–Crippen LogP) is 14.6. The zero-order valence-electron chi connectivity index (χ0n) is 41.3. The summed E-state index contributed by atoms with van der Waals surface area (Å²) in [6, 6.07) is 50.0. The summed E-state index contributed by atoms with van der Waals surface area (Å²) in [6.45, 7) is 19.7. The summed E-state index contributed by atoms with van der Waals surface area (Å²) in [5.41, 5.74) is 5.11. The van der Waals surface area contributed by atoms with Crippen LogP contribution < -0.4 is 26.2 Å². The molecule has 7 heteroatoms. The summed E-state index contributed by atoms with van der Waals surface area (Å²) in [4.78, 5) is 42.0. The highest BCUT2D eigenvalue weighted by Crippen LogP contribution is 2.56. The maximum absolute atomic E-state index is 15.1. The zero-order chi connectivity index (χ0) is 48.7. The van der Waals surface area contributed by atoms with Crippen molar-refractivity contribution in [2.75, 3.05) is 19.2 Å². The second-order valence-corrected chi connectivity index (χ2v) is 23.0. The van der Waals surface area contributed by atoms with Crippen molar-refractivity contribution in [3.63, 3.8) is 0 Å². The molecule has 2 aliphatic heterocycles. The highest BCUT2D eigenvalue weighted by atomic mass is 32.2. The van der Waals surface area contributed by atoms with E-state index in [0.29, 0.717) is 44.1 Å². The minimum atomic E-state index is -1.18. The summed E-state index contributed by atoms with van der Waals surface area (Å²) >= 11 is 1.75. The molecule has 0 N–H and O–H groups in total. The van der Waals surface area contributed by atoms with Crippen LogP contribution in [0, 0.1) is 0 Å². The molecule has 344 valence electrons. The normalized spacial score (nSPS) is 13.8. The number of fused-ring (bicyclic) bond motifs is 12. The first-order valence-corrected chi connectivity index (χ1v) is 27.3. The Bertz CT molecular complexity index is 3640. The molecule has 2 aliphatic rings. The minimum absolute atomic E-state index is 0.0559. The van der Waals surface area contributed by atoms with Gasteiger partial charge in [-0.2, -0.15) is 11.8 Å². The van der Waals surface area contributed by atoms with Gasteiger partial charge in [0.1, 0.15) is 16.9 Å². The largest absolute Gasteiger partial charge is 0.457 e. The summed E-state index contributed by atoms with van der Waals surface area (Å²) < 4.78 is 6.99. The topological polar surface area (TPSA) is 69.2 Å². The van der Waals surface area contributed by atoms with E-state index in [1.54, 1.807) is 11.8 Å². The van der Waals surface area contributed by atoms with E-state index in [1.807, 2.05) is 87.0 Å². The maximum Gasteiger partial charge on any atom is 0.195 e. The molecule has 5 nitrogen and oxygen atoms in total. The molecular weight excluding hydrogens is 884 g/mol. The van der Waals surface area contributed by atoms with Gasteiger partial charge in [0.15, 0.2) is 10.9 Å². The van der Waals surface area contributed by atoms with E-state index in [-0.39, 0.29) is 21.7 Å². The number of hydrogen-bond acceptors (Lipinski definition) is 6. The quantitative estimate of drug-likeness (QED) is 0.141. The van der Waals surface area contributed by atoms with Crippen molar-refractivity contribution in [2.24, 2.45) is 0 Å². The molecule has 0 atom stereocenters. The Morgan fingerprint density at radius 1 is 0.478 bits per heavy atom. The molecule has 69 heavy (non-hydrogen) atoms. The second-order valence-electron chi connectivity index (χ2n) is 20.1. The van der Waals surface area contributed by atoms with Gasteiger partial charge >= 0.3 is 0 Å². The van der Waals surface area contributed by atoms with Gasteiger partial charge in [-0.05, 0) is 130 Å². The lowest BCUT2D eigenvalue weighted by Gasteiger charge is -2.41. The molecule has 0 saturated heterocycles. The van der Waals surface area contributed by atoms with Crippen LogP contribution >= 0.6 is 19.7 Å². The third kappa shape index (κ3) is 7.08. The second kappa shape index (κ2) is 17.2. The lowest BCUT2D eigenvalue weighted by atomic mass is 9.65. The van der Waals surface area contributed by atoms with Crippen LogP contribution in [0.15, 0.2) is 155 Å². The Kier molecular flexibility index (Phi) is 11.5. The molecule has 0 amide bonds. The van der Waals surface area contributed by atoms with E-state index in [2.05, 4.69) is 133 Å². The number of ether oxygens (including phenoxy) is 1. The Hall–Kier alpha value is -6.46. The first-order valence-electron chi connectivity index (χ1n) is 23.9. The fourth-order valence-corrected chi connectivity index (χ4v) is 12.6. The van der Waals surface area contributed by atoms with Crippen LogP contribution in [0.1, 0.15) is 89.0 Å². The number of aromatic nitrogens is 2. The Balaban J connectivity index is 0.00000107. The van der Waals surface area contributed by atoms with Crippen molar-refractivity contribution in [2.45, 2.75) is 71.6 Å². The van der Waals surface area contributed by atoms with E-state index in [4.69, 9.17) is 14.7 Å². The Morgan fingerprint density at radius 3 is 1.25 bits per heavy atom. The van der Waals surface area contributed by atoms with Gasteiger partial charge in [0, 0.05) is 43.4 Å². The molecular formula is C62H57N2O3PS. The number of hydrogen-bond donors (Lipinski definition) is 0. The fourth-order valence-electron chi connectivity index (χ4n) is 10.6. The van der Waals surface area contributed by atoms with E-state index in [9.17, 15) is 0 Å². The number of pyridine rings is 2. The van der Waals surface area contributed by atoms with Crippen molar-refractivity contribution in [3.05, 3.63) is 200 Å². The minimum Gasteiger partial charge on any atom is -0.457 e. The molecule has 0 fully saturated rings. The van der Waals surface area contributed by atoms with Crippen molar-refractivity contribution in [3.8, 4) is 11.5 Å². The van der Waals surface area contributed by atoms with E-state index >= 15 is 9.59 Å². The molecule has 0 saturated carbocycles. The van der Waals surface area contributed by atoms with Gasteiger partial charge in [-0.3, -0.25) is 19.6 Å². The van der Waals surface area contributed by atoms with Crippen LogP contribution in [-0.4, -0.2) is 29.1 Å². The molecule has 10 aromatic rings. The highest BCUT2D eigenvalue weighted by molar-refractivity contribution is 7.97. The van der Waals surface area contributed by atoms with Gasteiger partial charge in [0.05, 0.1) is 22.4 Å². The average molecular weight is 941 g/mol. The van der Waals surface area contributed by atoms with E-state index < -0.39 is 13.3 Å². The molecule has 1 spiro atoms. The molecule has 0 aliphatic carbocycles. The van der Waals surface area contributed by atoms with Crippen molar-refractivity contribution in [1.29, 1.82) is 0 Å². The summed E-state index contributed by atoms with van der Waals surface area (Å²) in [6.07, 6.45) is 4.08. The zero-order valence-corrected chi connectivity index (χ0v) is 43.0. The van der Waals surface area contributed by atoms with Crippen LogP contribution in [0.2, 0.25) is 0 Å². The number of nitrogens with zero attached hydrogens (tertiary/aromatic N) is 2. The third-order valence-corrected chi connectivity index (χ3v) is 16.2. The summed E-state index contributed by atoms with van der Waals surface area (Å²) in [7, 11) is -1.13. The highest BCUT2D eigenvalue weighted by Gasteiger charge is 2.49. The fraction of sp³-hybridized carbons (Fsp3) is 0.226. The van der Waals surface area contributed by atoms with Crippen molar-refractivity contribution >= 4 is 95.2 Å². The van der Waals surface area contributed by atoms with E-state index in [0.717, 1.165) is 76.6 Å². The molecule has 0 unspecified atom stereocenters. The molecule has 12 rings (SSSR count). The van der Waals surface area contributed by atoms with Gasteiger partial charge in [0.2, 0.25) is 0 Å². The van der Waals surface area contributed by atoms with Gasteiger partial charge in [0.25, 0.3) is 0 Å². The number of benzene rings is 6. The first-order chi connectivity index (χ1) is 33.2. The monoisotopic (exact) mass is 940 g/mol. The SMILES string of the molecule is CC.CP1c2cccc3c4ccccc4c(=O)c4ccc(nc4c23)C2(c3ccc4c(=O)c5ccccc5c5cccc1c5c4n3)c1cc(C(C)(C)C)ccc1Oc1ccc(C(C)(C)C)cc12.CSC. The van der Waals surface area contributed by atoms with Crippen molar-refractivity contribution < 1.29 is 4.74 Å². The standard InChI is InChI=1S/C58H45N2O3P.C2H6S.C2H6/c1-56(2,3)32-22-26-44-42(30-32)58(43-31-33(57(4,5)6)23-27-45(43)63-44)48-28-24-40-52(59-48)50-36(34-14-8-10-16-38(34)54(40)61)18-12-20-46(50)64(7)47-21-13-19-37-35-15-9-11-17-39(35)55(62)41-25-29-49(58)60-53(41)51(37)47;1-3-2;1-2/h8-31H,1-7H3;1-2H3;1-2H3. The third-order valence-electron chi connectivity index (χ3n) is 14.0. The summed E-state index contributed by atoms with van der Waals surface area (Å²) in [5, 5.41) is 10.3. The lowest BCUT2D eigenvalue weighted by Crippen LogP contribution is -2.37. The smallest absolute Gasteiger partial charge is 0.195 e. The average Bonchev–Trinajstić information content (AvgIpc) is 3.53. The van der Waals surface area contributed by atoms with Gasteiger partial charge in [-0.1, -0.05) is 152 Å². The van der Waals surface area contributed by atoms with Crippen LogP contribution in [0.4, 0.5) is 0 Å². The van der Waals surface area contributed by atoms with Crippen LogP contribution in [0.3, 0.4) is 0 Å². The number of thioether (sulfide) groups is 1. The van der Waals surface area contributed by atoms with Gasteiger partial charge < -0.3 is 4.74 Å². The Labute approximate surface area is 409 Å². The molecule has 4 heterocycles. The molecule has 8 aromatic carbocycles. The lowest BCUT2D eigenvalue weighted by molar-refractivity contribution is 0.427. The maximum atomic E-state index is 15.1. The van der Waals surface area contributed by atoms with Crippen LogP contribution in [0.25, 0.3) is 64.9 Å². The first kappa shape index (κ1) is 46.3. The van der Waals surface area contributed by atoms with Crippen LogP contribution in [-0.2, 0) is 16.2 Å². The molecule has 0 radical (unpaired) electrons. The molecule has 4 bridgehead atoms. The molecule has 2 aromatic heterocycles. The Morgan fingerprint density at radius 2 is 0.855 bits per heavy atom.